The van der Waals surface area contributed by atoms with Crippen LogP contribution in [0.25, 0.3) is 0 Å². The summed E-state index contributed by atoms with van der Waals surface area (Å²) < 4.78 is 1.12. The van der Waals surface area contributed by atoms with Gasteiger partial charge >= 0.3 is 5.97 Å². The highest BCUT2D eigenvalue weighted by Gasteiger charge is 2.01. The first kappa shape index (κ1) is 12.4. The molecule has 1 aromatic heterocycles. The number of halogens is 1. The zero-order valence-electron chi connectivity index (χ0n) is 8.31. The second-order valence-electron chi connectivity index (χ2n) is 3.14. The van der Waals surface area contributed by atoms with Crippen LogP contribution in [0.4, 0.5) is 0 Å². The largest absolute Gasteiger partial charge is 0.478 e. The molecule has 0 atom stereocenters. The van der Waals surface area contributed by atoms with E-state index in [4.69, 9.17) is 5.11 Å². The van der Waals surface area contributed by atoms with Crippen LogP contribution in [0.15, 0.2) is 28.1 Å². The number of likely N-dealkylation sites (N-methyl/N-ethyl adjacent to an activating group) is 1. The molecule has 0 fully saturated rings. The summed E-state index contributed by atoms with van der Waals surface area (Å²) in [6.45, 7) is 1.47. The van der Waals surface area contributed by atoms with Crippen LogP contribution in [-0.4, -0.2) is 29.6 Å². The third kappa shape index (κ3) is 5.11. The van der Waals surface area contributed by atoms with E-state index in [1.54, 1.807) is 17.4 Å². The Hall–Kier alpha value is -0.650. The van der Waals surface area contributed by atoms with Crippen molar-refractivity contribution < 1.29 is 9.90 Å². The summed E-state index contributed by atoms with van der Waals surface area (Å²) in [6, 6.07) is 4.08. The van der Waals surface area contributed by atoms with E-state index in [0.717, 1.165) is 10.3 Å². The molecule has 1 rings (SSSR count). The molecular weight excluding hydrogens is 278 g/mol. The Balaban J connectivity index is 2.36. The van der Waals surface area contributed by atoms with Gasteiger partial charge in [0, 0.05) is 24.0 Å². The Morgan fingerprint density at radius 3 is 2.93 bits per heavy atom. The number of carbonyl (C=O) groups is 1. The highest BCUT2D eigenvalue weighted by molar-refractivity contribution is 9.11. The van der Waals surface area contributed by atoms with Crippen molar-refractivity contribution in [2.75, 3.05) is 13.6 Å². The number of aliphatic carboxylic acids is 1. The van der Waals surface area contributed by atoms with Crippen molar-refractivity contribution in [3.8, 4) is 0 Å². The maximum absolute atomic E-state index is 10.2. The van der Waals surface area contributed by atoms with Crippen LogP contribution in [0.5, 0.6) is 0 Å². The topological polar surface area (TPSA) is 40.5 Å². The third-order valence-electron chi connectivity index (χ3n) is 1.73. The Bertz CT molecular complexity index is 362. The summed E-state index contributed by atoms with van der Waals surface area (Å²) in [6.07, 6.45) is 2.81. The van der Waals surface area contributed by atoms with Crippen LogP contribution in [0.2, 0.25) is 0 Å². The number of thiophene rings is 1. The molecule has 0 bridgehead atoms. The van der Waals surface area contributed by atoms with Crippen molar-refractivity contribution >= 4 is 33.2 Å². The summed E-state index contributed by atoms with van der Waals surface area (Å²) in [7, 11) is 1.96. The van der Waals surface area contributed by atoms with Gasteiger partial charge in [-0.25, -0.2) is 4.79 Å². The van der Waals surface area contributed by atoms with Gasteiger partial charge in [-0.05, 0) is 35.1 Å². The standard InChI is InChI=1S/C10H12BrNO2S/c1-12(6-2-3-10(13)14)7-8-4-5-9(11)15-8/h2-5H,6-7H2,1H3,(H,13,14)/b3-2+. The van der Waals surface area contributed by atoms with Crippen molar-refractivity contribution in [1.82, 2.24) is 4.90 Å². The van der Waals surface area contributed by atoms with Gasteiger partial charge in [0.15, 0.2) is 0 Å². The Kier molecular flexibility index (Phi) is 5.01. The molecule has 3 nitrogen and oxygen atoms in total. The molecule has 82 valence electrons. The molecular formula is C10H12BrNO2S. The van der Waals surface area contributed by atoms with Crippen molar-refractivity contribution in [2.24, 2.45) is 0 Å². The molecule has 0 aliphatic carbocycles. The van der Waals surface area contributed by atoms with Crippen molar-refractivity contribution in [3.63, 3.8) is 0 Å². The van der Waals surface area contributed by atoms with E-state index in [-0.39, 0.29) is 0 Å². The first-order valence-corrected chi connectivity index (χ1v) is 6.01. The van der Waals surface area contributed by atoms with E-state index in [1.807, 2.05) is 13.1 Å². The summed E-state index contributed by atoms with van der Waals surface area (Å²) in [5.41, 5.74) is 0. The minimum Gasteiger partial charge on any atom is -0.478 e. The number of carboxylic acid groups (broad SMARTS) is 1. The molecule has 0 aliphatic heterocycles. The fourth-order valence-corrected chi connectivity index (χ4v) is 2.66. The lowest BCUT2D eigenvalue weighted by atomic mass is 10.4. The molecule has 0 spiro atoms. The monoisotopic (exact) mass is 289 g/mol. The Morgan fingerprint density at radius 2 is 2.40 bits per heavy atom. The molecule has 0 aromatic carbocycles. The zero-order chi connectivity index (χ0) is 11.3. The van der Waals surface area contributed by atoms with Gasteiger partial charge in [-0.15, -0.1) is 11.3 Å². The van der Waals surface area contributed by atoms with Gasteiger partial charge in [-0.1, -0.05) is 6.08 Å². The van der Waals surface area contributed by atoms with Crippen LogP contribution in [0, 0.1) is 0 Å². The lowest BCUT2D eigenvalue weighted by Crippen LogP contribution is -2.17. The Labute approximate surface area is 101 Å². The molecule has 0 radical (unpaired) electrons. The average Bonchev–Trinajstić information content (AvgIpc) is 2.50. The normalized spacial score (nSPS) is 11.4. The van der Waals surface area contributed by atoms with E-state index < -0.39 is 5.97 Å². The predicted octanol–water partition coefficient (Wildman–Crippen LogP) is 2.58. The van der Waals surface area contributed by atoms with Crippen LogP contribution < -0.4 is 0 Å². The molecule has 1 aromatic rings. The van der Waals surface area contributed by atoms with Crippen LogP contribution in [-0.2, 0) is 11.3 Å². The smallest absolute Gasteiger partial charge is 0.328 e. The average molecular weight is 290 g/mol. The molecule has 5 heteroatoms. The van der Waals surface area contributed by atoms with Crippen molar-refractivity contribution in [1.29, 1.82) is 0 Å². The van der Waals surface area contributed by atoms with Crippen LogP contribution in [0.1, 0.15) is 4.88 Å². The lowest BCUT2D eigenvalue weighted by molar-refractivity contribution is -0.131. The van der Waals surface area contributed by atoms with E-state index >= 15 is 0 Å². The van der Waals surface area contributed by atoms with E-state index in [1.165, 1.54) is 11.0 Å². The summed E-state index contributed by atoms with van der Waals surface area (Å²) >= 11 is 5.09. The predicted molar refractivity (Wildman–Crippen MR) is 65.1 cm³/mol. The zero-order valence-corrected chi connectivity index (χ0v) is 10.7. The maximum atomic E-state index is 10.2. The second-order valence-corrected chi connectivity index (χ2v) is 5.69. The van der Waals surface area contributed by atoms with E-state index in [2.05, 4.69) is 26.9 Å². The number of hydrogen-bond acceptors (Lipinski definition) is 3. The van der Waals surface area contributed by atoms with Gasteiger partial charge in [0.25, 0.3) is 0 Å². The number of carboxylic acids is 1. The second kappa shape index (κ2) is 6.05. The maximum Gasteiger partial charge on any atom is 0.328 e. The van der Waals surface area contributed by atoms with E-state index in [9.17, 15) is 4.79 Å². The number of rotatable bonds is 5. The molecule has 1 heterocycles. The number of nitrogens with zero attached hydrogens (tertiary/aromatic N) is 1. The number of hydrogen-bond donors (Lipinski definition) is 1. The molecule has 15 heavy (non-hydrogen) atoms. The van der Waals surface area contributed by atoms with Gasteiger partial charge < -0.3 is 5.11 Å². The minimum absolute atomic E-state index is 0.641. The summed E-state index contributed by atoms with van der Waals surface area (Å²) in [5.74, 6) is -0.901. The van der Waals surface area contributed by atoms with Gasteiger partial charge in [0.05, 0.1) is 3.79 Å². The molecule has 0 unspecified atom stereocenters. The van der Waals surface area contributed by atoms with Gasteiger partial charge in [0.2, 0.25) is 0 Å². The van der Waals surface area contributed by atoms with Gasteiger partial charge in [-0.3, -0.25) is 4.90 Å². The molecule has 0 amide bonds. The van der Waals surface area contributed by atoms with Crippen LogP contribution >= 0.6 is 27.3 Å². The molecule has 0 saturated carbocycles. The lowest BCUT2D eigenvalue weighted by Gasteiger charge is -2.12. The SMILES string of the molecule is CN(C/C=C/C(=O)O)Cc1ccc(Br)s1. The fourth-order valence-electron chi connectivity index (χ4n) is 1.10. The third-order valence-corrected chi connectivity index (χ3v) is 3.34. The Morgan fingerprint density at radius 1 is 1.67 bits per heavy atom. The molecule has 1 N–H and O–H groups in total. The van der Waals surface area contributed by atoms with Gasteiger partial charge in [-0.2, -0.15) is 0 Å². The van der Waals surface area contributed by atoms with Crippen LogP contribution in [0.3, 0.4) is 0 Å². The summed E-state index contributed by atoms with van der Waals surface area (Å²) in [5, 5.41) is 8.41. The highest BCUT2D eigenvalue weighted by atomic mass is 79.9. The van der Waals surface area contributed by atoms with Gasteiger partial charge in [0.1, 0.15) is 0 Å². The molecule has 0 aliphatic rings. The van der Waals surface area contributed by atoms with E-state index in [0.29, 0.717) is 6.54 Å². The quantitative estimate of drug-likeness (QED) is 0.847. The first-order valence-electron chi connectivity index (χ1n) is 4.40. The fraction of sp³-hybridized carbons (Fsp3) is 0.300. The van der Waals surface area contributed by atoms with Crippen molar-refractivity contribution in [2.45, 2.75) is 6.54 Å². The molecule has 0 saturated heterocycles. The minimum atomic E-state index is -0.901. The highest BCUT2D eigenvalue weighted by Crippen LogP contribution is 2.22. The summed E-state index contributed by atoms with van der Waals surface area (Å²) in [4.78, 5) is 13.5. The van der Waals surface area contributed by atoms with Crippen molar-refractivity contribution in [3.05, 3.63) is 32.9 Å². The first-order chi connectivity index (χ1) is 7.08.